The van der Waals surface area contributed by atoms with Crippen LogP contribution < -0.4 is 5.32 Å². The predicted molar refractivity (Wildman–Crippen MR) is 53.6 cm³/mol. The summed E-state index contributed by atoms with van der Waals surface area (Å²) < 4.78 is 0. The molecule has 0 bridgehead atoms. The van der Waals surface area contributed by atoms with Crippen LogP contribution in [0.15, 0.2) is 18.3 Å². The second-order valence-electron chi connectivity index (χ2n) is 3.07. The molecule has 0 saturated heterocycles. The van der Waals surface area contributed by atoms with E-state index in [0.717, 1.165) is 5.56 Å². The standard InChI is InChI=1S/C10H12N2O3/c1-7-3-2-5-11-9(7)10(15)12-6-4-8(13)14/h2-3,5H,4,6H2,1H3,(H,12,15)(H,13,14). The number of amides is 1. The first-order chi connectivity index (χ1) is 7.11. The van der Waals surface area contributed by atoms with Crippen molar-refractivity contribution >= 4 is 11.9 Å². The summed E-state index contributed by atoms with van der Waals surface area (Å²) in [5.74, 6) is -1.28. The highest BCUT2D eigenvalue weighted by Crippen LogP contribution is 2.02. The summed E-state index contributed by atoms with van der Waals surface area (Å²) in [5, 5.41) is 10.9. The second-order valence-corrected chi connectivity index (χ2v) is 3.07. The molecule has 0 radical (unpaired) electrons. The summed E-state index contributed by atoms with van der Waals surface area (Å²) in [6.07, 6.45) is 1.44. The van der Waals surface area contributed by atoms with E-state index < -0.39 is 5.97 Å². The Hall–Kier alpha value is -1.91. The van der Waals surface area contributed by atoms with Crippen LogP contribution in [-0.4, -0.2) is 28.5 Å². The van der Waals surface area contributed by atoms with Crippen molar-refractivity contribution in [3.05, 3.63) is 29.6 Å². The molecular weight excluding hydrogens is 196 g/mol. The van der Waals surface area contributed by atoms with E-state index in [9.17, 15) is 9.59 Å². The quantitative estimate of drug-likeness (QED) is 0.759. The molecule has 80 valence electrons. The van der Waals surface area contributed by atoms with Crippen molar-refractivity contribution in [2.75, 3.05) is 6.54 Å². The number of carboxylic acids is 1. The van der Waals surface area contributed by atoms with Gasteiger partial charge in [0.1, 0.15) is 5.69 Å². The van der Waals surface area contributed by atoms with Crippen molar-refractivity contribution in [3.8, 4) is 0 Å². The molecule has 15 heavy (non-hydrogen) atoms. The smallest absolute Gasteiger partial charge is 0.305 e. The van der Waals surface area contributed by atoms with Gasteiger partial charge in [-0.15, -0.1) is 0 Å². The summed E-state index contributed by atoms with van der Waals surface area (Å²) in [6.45, 7) is 1.89. The first kappa shape index (κ1) is 11.2. The minimum atomic E-state index is -0.937. The fourth-order valence-corrected chi connectivity index (χ4v) is 1.09. The van der Waals surface area contributed by atoms with Crippen LogP contribution in [0.4, 0.5) is 0 Å². The van der Waals surface area contributed by atoms with Gasteiger partial charge >= 0.3 is 5.97 Å². The highest BCUT2D eigenvalue weighted by atomic mass is 16.4. The maximum Gasteiger partial charge on any atom is 0.305 e. The van der Waals surface area contributed by atoms with Crippen LogP contribution in [0.2, 0.25) is 0 Å². The van der Waals surface area contributed by atoms with Gasteiger partial charge in [-0.3, -0.25) is 14.6 Å². The Morgan fingerprint density at radius 1 is 1.53 bits per heavy atom. The second kappa shape index (κ2) is 5.09. The summed E-state index contributed by atoms with van der Waals surface area (Å²) in [5.41, 5.74) is 1.10. The monoisotopic (exact) mass is 208 g/mol. The lowest BCUT2D eigenvalue weighted by Gasteiger charge is -2.04. The van der Waals surface area contributed by atoms with Gasteiger partial charge in [-0.2, -0.15) is 0 Å². The van der Waals surface area contributed by atoms with E-state index in [2.05, 4.69) is 10.3 Å². The van der Waals surface area contributed by atoms with Crippen LogP contribution in [0.3, 0.4) is 0 Å². The molecular formula is C10H12N2O3. The molecule has 0 saturated carbocycles. The van der Waals surface area contributed by atoms with Crippen molar-refractivity contribution in [1.82, 2.24) is 10.3 Å². The Morgan fingerprint density at radius 2 is 2.27 bits per heavy atom. The Balaban J connectivity index is 2.54. The van der Waals surface area contributed by atoms with Crippen molar-refractivity contribution < 1.29 is 14.7 Å². The molecule has 1 aromatic rings. The first-order valence-corrected chi connectivity index (χ1v) is 4.53. The van der Waals surface area contributed by atoms with E-state index in [0.29, 0.717) is 5.69 Å². The molecule has 1 rings (SSSR count). The number of carbonyl (C=O) groups is 2. The van der Waals surface area contributed by atoms with Crippen LogP contribution in [0.25, 0.3) is 0 Å². The minimum absolute atomic E-state index is 0.0857. The Kier molecular flexibility index (Phi) is 3.79. The van der Waals surface area contributed by atoms with E-state index >= 15 is 0 Å². The summed E-state index contributed by atoms with van der Waals surface area (Å²) >= 11 is 0. The van der Waals surface area contributed by atoms with Gasteiger partial charge in [0.15, 0.2) is 0 Å². The van der Waals surface area contributed by atoms with Gasteiger partial charge in [-0.1, -0.05) is 6.07 Å². The van der Waals surface area contributed by atoms with Gasteiger partial charge in [-0.25, -0.2) is 0 Å². The number of aryl methyl sites for hydroxylation is 1. The molecule has 0 aliphatic carbocycles. The summed E-state index contributed by atoms with van der Waals surface area (Å²) in [7, 11) is 0. The topological polar surface area (TPSA) is 79.3 Å². The van der Waals surface area contributed by atoms with Crippen LogP contribution in [0.5, 0.6) is 0 Å². The average molecular weight is 208 g/mol. The van der Waals surface area contributed by atoms with Gasteiger partial charge in [0.05, 0.1) is 6.42 Å². The van der Waals surface area contributed by atoms with E-state index in [4.69, 9.17) is 5.11 Å². The highest BCUT2D eigenvalue weighted by Gasteiger charge is 2.09. The van der Waals surface area contributed by atoms with Crippen molar-refractivity contribution in [3.63, 3.8) is 0 Å². The van der Waals surface area contributed by atoms with E-state index in [1.165, 1.54) is 6.20 Å². The summed E-state index contributed by atoms with van der Waals surface area (Å²) in [6, 6.07) is 3.52. The van der Waals surface area contributed by atoms with Crippen LogP contribution in [0.1, 0.15) is 22.5 Å². The lowest BCUT2D eigenvalue weighted by molar-refractivity contribution is -0.136. The number of hydrogen-bond donors (Lipinski definition) is 2. The van der Waals surface area contributed by atoms with Crippen LogP contribution in [0, 0.1) is 6.92 Å². The average Bonchev–Trinajstić information content (AvgIpc) is 2.17. The van der Waals surface area contributed by atoms with Crippen LogP contribution in [-0.2, 0) is 4.79 Å². The molecule has 0 atom stereocenters. The van der Waals surface area contributed by atoms with Crippen molar-refractivity contribution in [1.29, 1.82) is 0 Å². The zero-order chi connectivity index (χ0) is 11.3. The zero-order valence-corrected chi connectivity index (χ0v) is 8.36. The molecule has 0 aromatic carbocycles. The highest BCUT2D eigenvalue weighted by molar-refractivity contribution is 5.93. The molecule has 0 spiro atoms. The number of hydrogen-bond acceptors (Lipinski definition) is 3. The molecule has 0 aliphatic heterocycles. The van der Waals surface area contributed by atoms with Crippen LogP contribution >= 0.6 is 0 Å². The number of carboxylic acid groups (broad SMARTS) is 1. The lowest BCUT2D eigenvalue weighted by atomic mass is 10.2. The first-order valence-electron chi connectivity index (χ1n) is 4.53. The van der Waals surface area contributed by atoms with E-state index in [-0.39, 0.29) is 18.9 Å². The third-order valence-electron chi connectivity index (χ3n) is 1.85. The van der Waals surface area contributed by atoms with Gasteiger partial charge in [0.25, 0.3) is 5.91 Å². The molecule has 2 N–H and O–H groups in total. The number of nitrogens with one attached hydrogen (secondary N) is 1. The van der Waals surface area contributed by atoms with Crippen molar-refractivity contribution in [2.45, 2.75) is 13.3 Å². The Bertz CT molecular complexity index is 377. The SMILES string of the molecule is Cc1cccnc1C(=O)NCCC(=O)O. The van der Waals surface area contributed by atoms with Crippen molar-refractivity contribution in [2.24, 2.45) is 0 Å². The Morgan fingerprint density at radius 3 is 2.87 bits per heavy atom. The van der Waals surface area contributed by atoms with E-state index in [1.807, 2.05) is 0 Å². The molecule has 0 aliphatic rings. The molecule has 1 aromatic heterocycles. The number of aliphatic carboxylic acids is 1. The number of aromatic nitrogens is 1. The number of nitrogens with zero attached hydrogens (tertiary/aromatic N) is 1. The number of carbonyl (C=O) groups excluding carboxylic acids is 1. The van der Waals surface area contributed by atoms with Gasteiger partial charge in [-0.05, 0) is 18.6 Å². The summed E-state index contributed by atoms with van der Waals surface area (Å²) in [4.78, 5) is 25.6. The molecule has 5 heteroatoms. The Labute approximate surface area is 87.1 Å². The maximum atomic E-state index is 11.5. The van der Waals surface area contributed by atoms with Gasteiger partial charge < -0.3 is 10.4 Å². The molecule has 1 amide bonds. The lowest BCUT2D eigenvalue weighted by Crippen LogP contribution is -2.27. The maximum absolute atomic E-state index is 11.5. The number of pyridine rings is 1. The predicted octanol–water partition coefficient (Wildman–Crippen LogP) is 0.595. The molecule has 0 fully saturated rings. The largest absolute Gasteiger partial charge is 0.481 e. The van der Waals surface area contributed by atoms with E-state index in [1.54, 1.807) is 19.1 Å². The third kappa shape index (κ3) is 3.38. The zero-order valence-electron chi connectivity index (χ0n) is 8.36. The molecule has 1 heterocycles. The van der Waals surface area contributed by atoms with Gasteiger partial charge in [0.2, 0.25) is 0 Å². The molecule has 5 nitrogen and oxygen atoms in total. The van der Waals surface area contributed by atoms with Gasteiger partial charge in [0, 0.05) is 12.7 Å². The third-order valence-corrected chi connectivity index (χ3v) is 1.85. The minimum Gasteiger partial charge on any atom is -0.481 e. The fraction of sp³-hybridized carbons (Fsp3) is 0.300. The number of rotatable bonds is 4. The normalized spacial score (nSPS) is 9.67. The molecule has 0 unspecified atom stereocenters. The fourth-order valence-electron chi connectivity index (χ4n) is 1.09.